The van der Waals surface area contributed by atoms with E-state index in [4.69, 9.17) is 0 Å². The Kier molecular flexibility index (Phi) is 5.61. The zero-order chi connectivity index (χ0) is 15.3. The number of hydrogen-bond donors (Lipinski definition) is 1. The number of carbonyl (C=O) groups is 2. The molecule has 0 saturated heterocycles. The summed E-state index contributed by atoms with van der Waals surface area (Å²) < 4.78 is 13.5. The number of pyridine rings is 1. The quantitative estimate of drug-likeness (QED) is 0.888. The molecule has 1 rings (SSSR count). The van der Waals surface area contributed by atoms with E-state index in [9.17, 15) is 14.0 Å². The summed E-state index contributed by atoms with van der Waals surface area (Å²) in [6.07, 6.45) is 2.80. The molecular formula is C14H20FN3O2. The number of aromatic nitrogens is 1. The maximum atomic E-state index is 13.5. The Bertz CT molecular complexity index is 489. The Hall–Kier alpha value is -1.98. The van der Waals surface area contributed by atoms with Crippen molar-refractivity contribution < 1.29 is 14.0 Å². The van der Waals surface area contributed by atoms with E-state index in [0.29, 0.717) is 6.42 Å². The van der Waals surface area contributed by atoms with Crippen molar-refractivity contribution >= 4 is 11.8 Å². The lowest BCUT2D eigenvalue weighted by Gasteiger charge is -2.23. The third kappa shape index (κ3) is 4.29. The number of nitrogens with zero attached hydrogens (tertiary/aromatic N) is 2. The Morgan fingerprint density at radius 2 is 2.05 bits per heavy atom. The van der Waals surface area contributed by atoms with Crippen molar-refractivity contribution in [1.29, 1.82) is 0 Å². The van der Waals surface area contributed by atoms with Gasteiger partial charge >= 0.3 is 0 Å². The molecule has 0 aliphatic carbocycles. The van der Waals surface area contributed by atoms with Crippen LogP contribution in [-0.2, 0) is 4.79 Å². The molecule has 2 amide bonds. The summed E-state index contributed by atoms with van der Waals surface area (Å²) in [5, 5.41) is 2.59. The lowest BCUT2D eigenvalue weighted by Crippen LogP contribution is -2.47. The second-order valence-electron chi connectivity index (χ2n) is 5.24. The molecule has 110 valence electrons. The monoisotopic (exact) mass is 281 g/mol. The van der Waals surface area contributed by atoms with Gasteiger partial charge in [0.05, 0.1) is 11.8 Å². The number of hydrogen-bond acceptors (Lipinski definition) is 3. The van der Waals surface area contributed by atoms with Crippen LogP contribution in [0, 0.1) is 11.7 Å². The van der Waals surface area contributed by atoms with Gasteiger partial charge in [-0.15, -0.1) is 0 Å². The first-order valence-electron chi connectivity index (χ1n) is 6.44. The fraction of sp³-hybridized carbons (Fsp3) is 0.500. The third-order valence-corrected chi connectivity index (χ3v) is 2.77. The average Bonchev–Trinajstić information content (AvgIpc) is 2.36. The van der Waals surface area contributed by atoms with Crippen molar-refractivity contribution in [2.45, 2.75) is 26.3 Å². The minimum atomic E-state index is -0.703. The molecule has 1 atom stereocenters. The molecule has 0 bridgehead atoms. The van der Waals surface area contributed by atoms with E-state index in [1.165, 1.54) is 17.2 Å². The first-order valence-corrected chi connectivity index (χ1v) is 6.44. The highest BCUT2D eigenvalue weighted by atomic mass is 19.1. The van der Waals surface area contributed by atoms with Gasteiger partial charge in [0.25, 0.3) is 5.91 Å². The van der Waals surface area contributed by atoms with Gasteiger partial charge in [0.1, 0.15) is 6.04 Å². The molecule has 6 heteroatoms. The molecule has 0 aliphatic rings. The van der Waals surface area contributed by atoms with Gasteiger partial charge in [0, 0.05) is 20.3 Å². The first-order chi connectivity index (χ1) is 9.32. The zero-order valence-corrected chi connectivity index (χ0v) is 12.2. The number of carbonyl (C=O) groups excluding carboxylic acids is 2. The molecular weight excluding hydrogens is 261 g/mol. The summed E-state index contributed by atoms with van der Waals surface area (Å²) in [4.78, 5) is 29.1. The van der Waals surface area contributed by atoms with Crippen LogP contribution in [0.1, 0.15) is 30.6 Å². The highest BCUT2D eigenvalue weighted by molar-refractivity contribution is 5.97. The van der Waals surface area contributed by atoms with Gasteiger partial charge in [0.15, 0.2) is 5.82 Å². The van der Waals surface area contributed by atoms with Crippen LogP contribution in [0.25, 0.3) is 0 Å². The van der Waals surface area contributed by atoms with Crippen LogP contribution in [0.15, 0.2) is 18.5 Å². The fourth-order valence-corrected chi connectivity index (χ4v) is 1.80. The normalized spacial score (nSPS) is 12.1. The second kappa shape index (κ2) is 6.98. The van der Waals surface area contributed by atoms with Crippen LogP contribution in [0.5, 0.6) is 0 Å². The van der Waals surface area contributed by atoms with Gasteiger partial charge in [-0.1, -0.05) is 13.8 Å². The van der Waals surface area contributed by atoms with Crippen molar-refractivity contribution in [3.8, 4) is 0 Å². The molecule has 1 aromatic rings. The molecule has 0 aliphatic heterocycles. The molecule has 5 nitrogen and oxygen atoms in total. The van der Waals surface area contributed by atoms with Crippen molar-refractivity contribution in [3.63, 3.8) is 0 Å². The summed E-state index contributed by atoms with van der Waals surface area (Å²) in [5.41, 5.74) is -0.111. The Morgan fingerprint density at radius 1 is 1.40 bits per heavy atom. The summed E-state index contributed by atoms with van der Waals surface area (Å²) in [6.45, 7) is 3.91. The van der Waals surface area contributed by atoms with E-state index in [1.807, 2.05) is 13.8 Å². The molecule has 1 unspecified atom stereocenters. The van der Waals surface area contributed by atoms with Gasteiger partial charge < -0.3 is 10.2 Å². The maximum Gasteiger partial charge on any atom is 0.255 e. The van der Waals surface area contributed by atoms with Crippen LogP contribution >= 0.6 is 0 Å². The van der Waals surface area contributed by atoms with Crippen molar-refractivity contribution in [3.05, 3.63) is 29.8 Å². The Labute approximate surface area is 118 Å². The van der Waals surface area contributed by atoms with E-state index in [2.05, 4.69) is 10.3 Å². The third-order valence-electron chi connectivity index (χ3n) is 2.77. The summed E-state index contributed by atoms with van der Waals surface area (Å²) in [6, 6.07) is 0.627. The molecule has 0 aromatic carbocycles. The predicted molar refractivity (Wildman–Crippen MR) is 73.6 cm³/mol. The summed E-state index contributed by atoms with van der Waals surface area (Å²) in [7, 11) is 3.24. The number of amides is 2. The van der Waals surface area contributed by atoms with Crippen LogP contribution in [0.4, 0.5) is 4.39 Å². The van der Waals surface area contributed by atoms with E-state index in [0.717, 1.165) is 6.20 Å². The van der Waals surface area contributed by atoms with Crippen molar-refractivity contribution in [2.75, 3.05) is 14.1 Å². The smallest absolute Gasteiger partial charge is 0.255 e. The molecule has 1 aromatic heterocycles. The lowest BCUT2D eigenvalue weighted by atomic mass is 10.0. The topological polar surface area (TPSA) is 62.3 Å². The molecule has 1 heterocycles. The van der Waals surface area contributed by atoms with Gasteiger partial charge in [-0.25, -0.2) is 4.39 Å². The van der Waals surface area contributed by atoms with Crippen molar-refractivity contribution in [1.82, 2.24) is 15.2 Å². The fourth-order valence-electron chi connectivity index (χ4n) is 1.80. The van der Waals surface area contributed by atoms with Crippen LogP contribution in [0.2, 0.25) is 0 Å². The SMILES string of the molecule is CC(C)CC(NC(=O)c1ccncc1F)C(=O)N(C)C. The van der Waals surface area contributed by atoms with Crippen LogP contribution < -0.4 is 5.32 Å². The highest BCUT2D eigenvalue weighted by Crippen LogP contribution is 2.10. The van der Waals surface area contributed by atoms with Gasteiger partial charge in [-0.05, 0) is 18.4 Å². The Morgan fingerprint density at radius 3 is 2.55 bits per heavy atom. The van der Waals surface area contributed by atoms with Crippen LogP contribution in [-0.4, -0.2) is 41.8 Å². The first kappa shape index (κ1) is 16.1. The predicted octanol–water partition coefficient (Wildman–Crippen LogP) is 1.45. The summed E-state index contributed by atoms with van der Waals surface area (Å²) >= 11 is 0. The minimum absolute atomic E-state index is 0.111. The summed E-state index contributed by atoms with van der Waals surface area (Å²) in [5.74, 6) is -1.29. The average molecular weight is 281 g/mol. The minimum Gasteiger partial charge on any atom is -0.347 e. The number of halogens is 1. The van der Waals surface area contributed by atoms with Crippen molar-refractivity contribution in [2.24, 2.45) is 5.92 Å². The standard InChI is InChI=1S/C14H20FN3O2/c1-9(2)7-12(14(20)18(3)4)17-13(19)10-5-6-16-8-11(10)15/h5-6,8-9,12H,7H2,1-4H3,(H,17,19). The van der Waals surface area contributed by atoms with E-state index in [-0.39, 0.29) is 17.4 Å². The second-order valence-corrected chi connectivity index (χ2v) is 5.24. The molecule has 0 fully saturated rings. The molecule has 0 radical (unpaired) electrons. The molecule has 1 N–H and O–H groups in total. The molecule has 0 spiro atoms. The van der Waals surface area contributed by atoms with Gasteiger partial charge in [-0.3, -0.25) is 14.6 Å². The molecule has 20 heavy (non-hydrogen) atoms. The van der Waals surface area contributed by atoms with E-state index >= 15 is 0 Å². The maximum absolute atomic E-state index is 13.5. The van der Waals surface area contributed by atoms with E-state index in [1.54, 1.807) is 14.1 Å². The van der Waals surface area contributed by atoms with Gasteiger partial charge in [0.2, 0.25) is 5.91 Å². The van der Waals surface area contributed by atoms with E-state index < -0.39 is 17.8 Å². The van der Waals surface area contributed by atoms with Gasteiger partial charge in [-0.2, -0.15) is 0 Å². The van der Waals surface area contributed by atoms with Crippen LogP contribution in [0.3, 0.4) is 0 Å². The lowest BCUT2D eigenvalue weighted by molar-refractivity contribution is -0.131. The molecule has 0 saturated carbocycles. The largest absolute Gasteiger partial charge is 0.347 e. The number of nitrogens with one attached hydrogen (secondary N) is 1. The Balaban J connectivity index is 2.87. The zero-order valence-electron chi connectivity index (χ0n) is 12.2. The number of likely N-dealkylation sites (N-methyl/N-ethyl adjacent to an activating group) is 1. The highest BCUT2D eigenvalue weighted by Gasteiger charge is 2.24. The number of rotatable bonds is 5.